The minimum Gasteiger partial charge on any atom is -0.322 e. The van der Waals surface area contributed by atoms with Gasteiger partial charge < -0.3 is 5.32 Å². The molecule has 0 fully saturated rings. The molecule has 0 atom stereocenters. The smallest absolute Gasteiger partial charge is 0.255 e. The van der Waals surface area contributed by atoms with Crippen LogP contribution in [0.4, 0.5) is 14.5 Å². The van der Waals surface area contributed by atoms with Crippen LogP contribution in [0.1, 0.15) is 26.4 Å². The van der Waals surface area contributed by atoms with E-state index < -0.39 is 23.3 Å². The summed E-state index contributed by atoms with van der Waals surface area (Å²) in [5, 5.41) is 2.50. The quantitative estimate of drug-likeness (QED) is 0.536. The summed E-state index contributed by atoms with van der Waals surface area (Å²) in [4.78, 5) is 37.3. The highest BCUT2D eigenvalue weighted by Crippen LogP contribution is 2.19. The lowest BCUT2D eigenvalue weighted by molar-refractivity contribution is 0.101. The molecule has 0 saturated heterocycles. The van der Waals surface area contributed by atoms with Gasteiger partial charge in [-0.25, -0.2) is 8.78 Å². The Kier molecular flexibility index (Phi) is 4.74. The molecule has 2 aromatic heterocycles. The van der Waals surface area contributed by atoms with Gasteiger partial charge in [-0.2, -0.15) is 0 Å². The van der Waals surface area contributed by atoms with Gasteiger partial charge in [-0.3, -0.25) is 24.5 Å². The first-order valence-electron chi connectivity index (χ1n) is 8.48. The molecule has 6 nitrogen and oxygen atoms in total. The van der Waals surface area contributed by atoms with Crippen LogP contribution >= 0.6 is 0 Å². The van der Waals surface area contributed by atoms with Crippen LogP contribution in [-0.4, -0.2) is 26.6 Å². The molecule has 4 rings (SSSR count). The van der Waals surface area contributed by atoms with E-state index in [2.05, 4.69) is 20.3 Å². The number of ketones is 1. The monoisotopic (exact) mass is 390 g/mol. The molecule has 2 aromatic carbocycles. The third kappa shape index (κ3) is 3.96. The summed E-state index contributed by atoms with van der Waals surface area (Å²) in [6.07, 6.45) is 4.40. The zero-order chi connectivity index (χ0) is 20.4. The highest BCUT2D eigenvalue weighted by atomic mass is 19.1. The fourth-order valence-electron chi connectivity index (χ4n) is 2.74. The number of halogens is 2. The fourth-order valence-corrected chi connectivity index (χ4v) is 2.74. The van der Waals surface area contributed by atoms with Crippen molar-refractivity contribution < 1.29 is 18.4 Å². The number of rotatable bonds is 4. The third-order valence-corrected chi connectivity index (χ3v) is 4.11. The summed E-state index contributed by atoms with van der Waals surface area (Å²) in [6.45, 7) is 0. The summed E-state index contributed by atoms with van der Waals surface area (Å²) in [5.74, 6) is -2.28. The molecule has 0 saturated carbocycles. The first kappa shape index (κ1) is 18.3. The van der Waals surface area contributed by atoms with Gasteiger partial charge in [-0.05, 0) is 48.5 Å². The van der Waals surface area contributed by atoms with Crippen molar-refractivity contribution in [3.05, 3.63) is 95.6 Å². The van der Waals surface area contributed by atoms with E-state index in [4.69, 9.17) is 0 Å². The normalized spacial score (nSPS) is 10.7. The molecule has 1 amide bonds. The highest BCUT2D eigenvalue weighted by molar-refractivity contribution is 6.10. The van der Waals surface area contributed by atoms with Crippen LogP contribution in [0, 0.1) is 11.6 Å². The number of benzene rings is 2. The maximum Gasteiger partial charge on any atom is 0.255 e. The number of anilines is 1. The molecular weight excluding hydrogens is 378 g/mol. The lowest BCUT2D eigenvalue weighted by Gasteiger charge is -2.08. The number of hydrogen-bond acceptors (Lipinski definition) is 5. The fraction of sp³-hybridized carbons (Fsp3) is 0. The van der Waals surface area contributed by atoms with Crippen LogP contribution in [0.5, 0.6) is 0 Å². The molecule has 0 spiro atoms. The van der Waals surface area contributed by atoms with Gasteiger partial charge in [-0.1, -0.05) is 0 Å². The molecule has 0 bridgehead atoms. The zero-order valence-corrected chi connectivity index (χ0v) is 14.8. The van der Waals surface area contributed by atoms with Crippen molar-refractivity contribution >= 4 is 28.4 Å². The van der Waals surface area contributed by atoms with Crippen LogP contribution in [0.3, 0.4) is 0 Å². The van der Waals surface area contributed by atoms with Gasteiger partial charge in [-0.15, -0.1) is 0 Å². The van der Waals surface area contributed by atoms with Crippen molar-refractivity contribution in [3.8, 4) is 0 Å². The average Bonchev–Trinajstić information content (AvgIpc) is 2.73. The maximum atomic E-state index is 14.1. The molecule has 29 heavy (non-hydrogen) atoms. The molecule has 0 unspecified atom stereocenters. The zero-order valence-electron chi connectivity index (χ0n) is 14.8. The van der Waals surface area contributed by atoms with Crippen molar-refractivity contribution in [1.82, 2.24) is 15.0 Å². The molecule has 8 heteroatoms. The Morgan fingerprint density at radius 2 is 1.48 bits per heavy atom. The van der Waals surface area contributed by atoms with Crippen molar-refractivity contribution in [2.75, 3.05) is 5.32 Å². The predicted molar refractivity (Wildman–Crippen MR) is 102 cm³/mol. The van der Waals surface area contributed by atoms with E-state index in [1.54, 1.807) is 0 Å². The second-order valence-electron chi connectivity index (χ2n) is 6.13. The number of aromatic nitrogens is 3. The van der Waals surface area contributed by atoms with Crippen LogP contribution in [-0.2, 0) is 0 Å². The number of fused-ring (bicyclic) bond motifs is 1. The lowest BCUT2D eigenvalue weighted by Crippen LogP contribution is -2.13. The predicted octanol–water partition coefficient (Wildman–Crippen LogP) is 3.79. The van der Waals surface area contributed by atoms with Crippen LogP contribution < -0.4 is 5.32 Å². The summed E-state index contributed by atoms with van der Waals surface area (Å²) >= 11 is 0. The largest absolute Gasteiger partial charge is 0.322 e. The van der Waals surface area contributed by atoms with Gasteiger partial charge in [0.25, 0.3) is 5.91 Å². The second kappa shape index (κ2) is 7.51. The van der Waals surface area contributed by atoms with E-state index in [0.29, 0.717) is 11.0 Å². The highest BCUT2D eigenvalue weighted by Gasteiger charge is 2.15. The first-order chi connectivity index (χ1) is 14.0. The Labute approximate surface area is 163 Å². The Balaban J connectivity index is 1.62. The van der Waals surface area contributed by atoms with Crippen molar-refractivity contribution in [2.24, 2.45) is 0 Å². The molecule has 1 N–H and O–H groups in total. The molecule has 142 valence electrons. The molecule has 0 aliphatic carbocycles. The van der Waals surface area contributed by atoms with Gasteiger partial charge in [0.2, 0.25) is 5.78 Å². The molecular formula is C21H12F2N4O2. The van der Waals surface area contributed by atoms with Gasteiger partial charge >= 0.3 is 0 Å². The summed E-state index contributed by atoms with van der Waals surface area (Å²) in [5.41, 5.74) is 1.36. The van der Waals surface area contributed by atoms with E-state index in [1.807, 2.05) is 0 Å². The second-order valence-corrected chi connectivity index (χ2v) is 6.13. The Morgan fingerprint density at radius 3 is 2.24 bits per heavy atom. The Hall–Kier alpha value is -4.07. The number of nitrogens with zero attached hydrogens (tertiary/aromatic N) is 3. The minimum atomic E-state index is -0.703. The van der Waals surface area contributed by atoms with Crippen molar-refractivity contribution in [1.29, 1.82) is 0 Å². The van der Waals surface area contributed by atoms with Crippen LogP contribution in [0.2, 0.25) is 0 Å². The van der Waals surface area contributed by atoms with Crippen molar-refractivity contribution in [2.45, 2.75) is 0 Å². The molecule has 0 aliphatic heterocycles. The average molecular weight is 390 g/mol. The van der Waals surface area contributed by atoms with E-state index in [0.717, 1.165) is 24.3 Å². The molecule has 2 heterocycles. The summed E-state index contributed by atoms with van der Waals surface area (Å²) < 4.78 is 27.1. The van der Waals surface area contributed by atoms with E-state index in [9.17, 15) is 18.4 Å². The topological polar surface area (TPSA) is 84.8 Å². The lowest BCUT2D eigenvalue weighted by atomic mass is 10.1. The van der Waals surface area contributed by atoms with Gasteiger partial charge in [0, 0.05) is 29.2 Å². The Morgan fingerprint density at radius 1 is 0.759 bits per heavy atom. The molecule has 4 aromatic rings. The standard InChI is InChI=1S/C21H12F2N4O2/c22-14-3-1-12(2-4-14)21(29)27-16-8-13(7-15(23)9-16)20(28)18-10-17-19(11-26-18)25-6-5-24-17/h1-11H,(H,27,29). The summed E-state index contributed by atoms with van der Waals surface area (Å²) in [7, 11) is 0. The number of hydrogen-bond donors (Lipinski definition) is 1. The number of amides is 1. The Bertz CT molecular complexity index is 1240. The van der Waals surface area contributed by atoms with Gasteiger partial charge in [0.1, 0.15) is 22.8 Å². The molecule has 0 radical (unpaired) electrons. The first-order valence-corrected chi connectivity index (χ1v) is 8.48. The third-order valence-electron chi connectivity index (χ3n) is 4.11. The van der Waals surface area contributed by atoms with Gasteiger partial charge in [0.15, 0.2) is 0 Å². The van der Waals surface area contributed by atoms with E-state index in [1.165, 1.54) is 42.9 Å². The molecule has 0 aliphatic rings. The van der Waals surface area contributed by atoms with Crippen LogP contribution in [0.25, 0.3) is 11.0 Å². The van der Waals surface area contributed by atoms with E-state index in [-0.39, 0.29) is 22.5 Å². The number of carbonyl (C=O) groups is 2. The van der Waals surface area contributed by atoms with Crippen molar-refractivity contribution in [3.63, 3.8) is 0 Å². The van der Waals surface area contributed by atoms with E-state index >= 15 is 0 Å². The summed E-state index contributed by atoms with van der Waals surface area (Å²) in [6, 6.07) is 9.83. The maximum absolute atomic E-state index is 14.1. The number of pyridine rings is 1. The minimum absolute atomic E-state index is 0.00939. The number of carbonyl (C=O) groups excluding carboxylic acids is 2. The van der Waals surface area contributed by atoms with Gasteiger partial charge in [0.05, 0.1) is 11.7 Å². The SMILES string of the molecule is O=C(Nc1cc(F)cc(C(=O)c2cc3nccnc3cn2)c1)c1ccc(F)cc1. The number of nitrogens with one attached hydrogen (secondary N) is 1. The van der Waals surface area contributed by atoms with Crippen LogP contribution in [0.15, 0.2) is 67.1 Å².